The number of nitrogens with one attached hydrogen (secondary N) is 2. The van der Waals surface area contributed by atoms with Crippen molar-refractivity contribution in [3.8, 4) is 0 Å². The number of quaternary nitrogens is 1. The third-order valence-electron chi connectivity index (χ3n) is 2.60. The lowest BCUT2D eigenvalue weighted by Gasteiger charge is -2.26. The summed E-state index contributed by atoms with van der Waals surface area (Å²) in [5, 5.41) is 2.32. The lowest BCUT2D eigenvalue weighted by atomic mass is 10.2. The van der Waals surface area contributed by atoms with Gasteiger partial charge in [-0.1, -0.05) is 0 Å². The molecule has 0 aromatic carbocycles. The van der Waals surface area contributed by atoms with Crippen LogP contribution in [0.25, 0.3) is 0 Å². The molecule has 2 N–H and O–H groups in total. The van der Waals surface area contributed by atoms with Crippen molar-refractivity contribution in [2.24, 2.45) is 0 Å². The molecule has 0 radical (unpaired) electrons. The molecule has 0 bridgehead atoms. The van der Waals surface area contributed by atoms with Gasteiger partial charge in [-0.15, -0.1) is 0 Å². The lowest BCUT2D eigenvalue weighted by Crippen LogP contribution is -3.18. The highest BCUT2D eigenvalue weighted by Crippen LogP contribution is 1.97. The Morgan fingerprint density at radius 1 is 1.31 bits per heavy atom. The summed E-state index contributed by atoms with van der Waals surface area (Å²) in [7, 11) is 0. The van der Waals surface area contributed by atoms with Gasteiger partial charge in [-0.3, -0.25) is 14.9 Å². The first kappa shape index (κ1) is 8.65. The minimum atomic E-state index is -0.170. The number of hydrogen-bond acceptors (Lipinski definition) is 3. The van der Waals surface area contributed by atoms with Crippen LogP contribution in [0.3, 0.4) is 0 Å². The van der Waals surface area contributed by atoms with E-state index in [4.69, 9.17) is 4.74 Å². The van der Waals surface area contributed by atoms with Gasteiger partial charge in [0, 0.05) is 0 Å². The smallest absolute Gasteiger partial charge is 0.285 e. The summed E-state index contributed by atoms with van der Waals surface area (Å²) in [5.41, 5.74) is 0. The van der Waals surface area contributed by atoms with E-state index in [9.17, 15) is 9.59 Å². The highest BCUT2D eigenvalue weighted by molar-refractivity contribution is 6.04. The summed E-state index contributed by atoms with van der Waals surface area (Å²) in [4.78, 5) is 23.4. The summed E-state index contributed by atoms with van der Waals surface area (Å²) in [6, 6.07) is -0.170. The molecule has 2 aliphatic rings. The molecule has 13 heavy (non-hydrogen) atoms. The second-order valence-corrected chi connectivity index (χ2v) is 3.44. The number of hydrogen-bond donors (Lipinski definition) is 2. The SMILES string of the molecule is O=C1C[C@@H]([NH+]2CCOCC2)C(=O)N1. The molecule has 2 fully saturated rings. The van der Waals surface area contributed by atoms with Gasteiger partial charge in [0.25, 0.3) is 5.91 Å². The molecule has 5 heteroatoms. The van der Waals surface area contributed by atoms with Crippen LogP contribution in [-0.2, 0) is 14.3 Å². The van der Waals surface area contributed by atoms with Gasteiger partial charge in [0.1, 0.15) is 13.1 Å². The third-order valence-corrected chi connectivity index (χ3v) is 2.60. The molecule has 0 aromatic heterocycles. The average molecular weight is 185 g/mol. The summed E-state index contributed by atoms with van der Waals surface area (Å²) in [6.45, 7) is 3.03. The van der Waals surface area contributed by atoms with Crippen LogP contribution >= 0.6 is 0 Å². The Hall–Kier alpha value is -0.940. The second-order valence-electron chi connectivity index (χ2n) is 3.44. The maximum atomic E-state index is 11.3. The highest BCUT2D eigenvalue weighted by Gasteiger charge is 2.39. The van der Waals surface area contributed by atoms with Gasteiger partial charge < -0.3 is 9.64 Å². The van der Waals surface area contributed by atoms with Crippen molar-refractivity contribution in [2.45, 2.75) is 12.5 Å². The van der Waals surface area contributed by atoms with Gasteiger partial charge in [-0.05, 0) is 0 Å². The Labute approximate surface area is 76.0 Å². The van der Waals surface area contributed by atoms with Crippen LogP contribution in [0.2, 0.25) is 0 Å². The molecular weight excluding hydrogens is 172 g/mol. The van der Waals surface area contributed by atoms with Gasteiger partial charge in [0.15, 0.2) is 6.04 Å². The van der Waals surface area contributed by atoms with Gasteiger partial charge in [0.05, 0.1) is 19.6 Å². The molecule has 72 valence electrons. The van der Waals surface area contributed by atoms with Crippen LogP contribution in [0.5, 0.6) is 0 Å². The van der Waals surface area contributed by atoms with E-state index in [1.807, 2.05) is 0 Å². The van der Waals surface area contributed by atoms with Gasteiger partial charge in [-0.25, -0.2) is 0 Å². The van der Waals surface area contributed by atoms with Crippen molar-refractivity contribution < 1.29 is 19.2 Å². The molecule has 2 heterocycles. The topological polar surface area (TPSA) is 59.8 Å². The monoisotopic (exact) mass is 185 g/mol. The first-order chi connectivity index (χ1) is 6.27. The quantitative estimate of drug-likeness (QED) is 0.438. The van der Waals surface area contributed by atoms with E-state index < -0.39 is 0 Å². The second kappa shape index (κ2) is 3.43. The number of imide groups is 1. The van der Waals surface area contributed by atoms with Crippen molar-refractivity contribution in [1.29, 1.82) is 0 Å². The predicted octanol–water partition coefficient (Wildman–Crippen LogP) is -2.68. The number of ether oxygens (including phenoxy) is 1. The highest BCUT2D eigenvalue weighted by atomic mass is 16.5. The molecule has 2 saturated heterocycles. The zero-order valence-electron chi connectivity index (χ0n) is 7.34. The molecule has 0 aliphatic carbocycles. The number of morpholine rings is 1. The number of carbonyl (C=O) groups excluding carboxylic acids is 2. The fourth-order valence-electron chi connectivity index (χ4n) is 1.87. The van der Waals surface area contributed by atoms with Crippen molar-refractivity contribution in [3.05, 3.63) is 0 Å². The molecular formula is C8H13N2O3+. The maximum absolute atomic E-state index is 11.3. The van der Waals surface area contributed by atoms with E-state index in [2.05, 4.69) is 5.32 Å². The van der Waals surface area contributed by atoms with E-state index in [0.717, 1.165) is 13.1 Å². The molecule has 2 amide bonds. The Morgan fingerprint density at radius 2 is 2.00 bits per heavy atom. The molecule has 0 unspecified atom stereocenters. The maximum Gasteiger partial charge on any atom is 0.285 e. The first-order valence-electron chi connectivity index (χ1n) is 4.53. The normalized spacial score (nSPS) is 30.6. The minimum Gasteiger partial charge on any atom is -0.370 e. The minimum absolute atomic E-state index is 0.123. The molecule has 0 saturated carbocycles. The predicted molar refractivity (Wildman–Crippen MR) is 43.1 cm³/mol. The van der Waals surface area contributed by atoms with Crippen LogP contribution in [0.1, 0.15) is 6.42 Å². The van der Waals surface area contributed by atoms with E-state index in [-0.39, 0.29) is 17.9 Å². The Balaban J connectivity index is 1.99. The fourth-order valence-corrected chi connectivity index (χ4v) is 1.87. The van der Waals surface area contributed by atoms with Crippen LogP contribution in [-0.4, -0.2) is 44.2 Å². The van der Waals surface area contributed by atoms with Crippen LogP contribution in [0.4, 0.5) is 0 Å². The summed E-state index contributed by atoms with van der Waals surface area (Å²) < 4.78 is 5.18. The third kappa shape index (κ3) is 1.71. The van der Waals surface area contributed by atoms with Crippen LogP contribution < -0.4 is 10.2 Å². The molecule has 2 aliphatic heterocycles. The molecule has 5 nitrogen and oxygen atoms in total. The standard InChI is InChI=1S/C8H12N2O3/c11-7-5-6(8(12)9-7)10-1-3-13-4-2-10/h6H,1-5H2,(H,9,11,12)/p+1/t6-/m1/s1. The number of amides is 2. The molecule has 2 rings (SSSR count). The largest absolute Gasteiger partial charge is 0.370 e. The first-order valence-corrected chi connectivity index (χ1v) is 4.53. The summed E-state index contributed by atoms with van der Waals surface area (Å²) in [5.74, 6) is -0.268. The van der Waals surface area contributed by atoms with Gasteiger partial charge >= 0.3 is 0 Å². The van der Waals surface area contributed by atoms with Crippen molar-refractivity contribution in [1.82, 2.24) is 5.32 Å². The Morgan fingerprint density at radius 3 is 2.54 bits per heavy atom. The Bertz CT molecular complexity index is 236. The fraction of sp³-hybridized carbons (Fsp3) is 0.750. The summed E-state index contributed by atoms with van der Waals surface area (Å²) in [6.07, 6.45) is 0.341. The van der Waals surface area contributed by atoms with Gasteiger partial charge in [0.2, 0.25) is 5.91 Å². The van der Waals surface area contributed by atoms with E-state index in [1.54, 1.807) is 0 Å². The Kier molecular flexibility index (Phi) is 2.28. The van der Waals surface area contributed by atoms with E-state index in [1.165, 1.54) is 4.90 Å². The zero-order valence-corrected chi connectivity index (χ0v) is 7.34. The van der Waals surface area contributed by atoms with E-state index >= 15 is 0 Å². The van der Waals surface area contributed by atoms with E-state index in [0.29, 0.717) is 19.6 Å². The summed E-state index contributed by atoms with van der Waals surface area (Å²) >= 11 is 0. The molecule has 0 aromatic rings. The lowest BCUT2D eigenvalue weighted by molar-refractivity contribution is -0.922. The van der Waals surface area contributed by atoms with Crippen LogP contribution in [0, 0.1) is 0 Å². The number of rotatable bonds is 1. The van der Waals surface area contributed by atoms with Crippen molar-refractivity contribution in [3.63, 3.8) is 0 Å². The van der Waals surface area contributed by atoms with Crippen molar-refractivity contribution >= 4 is 11.8 Å². The van der Waals surface area contributed by atoms with Crippen molar-refractivity contribution in [2.75, 3.05) is 26.3 Å². The molecule has 1 atom stereocenters. The zero-order chi connectivity index (χ0) is 9.26. The average Bonchev–Trinajstić information content (AvgIpc) is 2.47. The number of carbonyl (C=O) groups is 2. The van der Waals surface area contributed by atoms with Gasteiger partial charge in [-0.2, -0.15) is 0 Å². The molecule has 0 spiro atoms. The van der Waals surface area contributed by atoms with Crippen LogP contribution in [0.15, 0.2) is 0 Å².